The van der Waals surface area contributed by atoms with Crippen molar-refractivity contribution < 1.29 is 24.2 Å². The number of thioether (sulfide) groups is 1. The number of esters is 1. The highest BCUT2D eigenvalue weighted by atomic mass is 32.2. The molecular formula is C32H45N3O5S. The van der Waals surface area contributed by atoms with Crippen LogP contribution in [0.1, 0.15) is 47.0 Å². The molecule has 41 heavy (non-hydrogen) atoms. The maximum atomic E-state index is 14.7. The van der Waals surface area contributed by atoms with Crippen molar-refractivity contribution in [2.75, 3.05) is 42.6 Å². The number of carbonyl (C=O) groups is 3. The average Bonchev–Trinajstić information content (AvgIpc) is 3.58. The molecule has 2 bridgehead atoms. The second-order valence-corrected chi connectivity index (χ2v) is 12.9. The molecule has 3 fully saturated rings. The Morgan fingerprint density at radius 2 is 1.85 bits per heavy atom. The van der Waals surface area contributed by atoms with Gasteiger partial charge in [0, 0.05) is 36.3 Å². The normalized spacial score (nSPS) is 28.8. The van der Waals surface area contributed by atoms with E-state index >= 15 is 0 Å². The van der Waals surface area contributed by atoms with Crippen LogP contribution in [0.25, 0.3) is 0 Å². The van der Waals surface area contributed by atoms with Crippen LogP contribution in [0.2, 0.25) is 0 Å². The summed E-state index contributed by atoms with van der Waals surface area (Å²) in [6.45, 7) is 17.7. The van der Waals surface area contributed by atoms with Crippen LogP contribution >= 0.6 is 11.8 Å². The Balaban J connectivity index is 1.72. The molecule has 1 aromatic rings. The van der Waals surface area contributed by atoms with Crippen molar-refractivity contribution >= 4 is 40.9 Å². The van der Waals surface area contributed by atoms with Crippen LogP contribution in [0.4, 0.5) is 11.4 Å². The number of carbonyl (C=O) groups excluding carboxylic acids is 3. The monoisotopic (exact) mass is 583 g/mol. The maximum Gasteiger partial charge on any atom is 0.310 e. The largest absolute Gasteiger partial charge is 0.465 e. The molecule has 3 heterocycles. The molecular weight excluding hydrogens is 538 g/mol. The van der Waals surface area contributed by atoms with Crippen molar-refractivity contribution in [3.05, 3.63) is 49.6 Å². The number of likely N-dealkylation sites (tertiary alicyclic amines) is 1. The summed E-state index contributed by atoms with van der Waals surface area (Å²) in [4.78, 5) is 47.8. The van der Waals surface area contributed by atoms with E-state index in [2.05, 4.69) is 38.8 Å². The van der Waals surface area contributed by atoms with E-state index in [1.54, 1.807) is 40.6 Å². The summed E-state index contributed by atoms with van der Waals surface area (Å²) in [5, 5.41) is 10.1. The number of amides is 2. The van der Waals surface area contributed by atoms with E-state index in [0.29, 0.717) is 6.42 Å². The van der Waals surface area contributed by atoms with Gasteiger partial charge in [0.25, 0.3) is 5.91 Å². The number of allylic oxidation sites excluding steroid dienone is 1. The summed E-state index contributed by atoms with van der Waals surface area (Å²) < 4.78 is 4.87. The van der Waals surface area contributed by atoms with Gasteiger partial charge in [-0.2, -0.15) is 0 Å². The Bertz CT molecular complexity index is 1140. The Kier molecular flexibility index (Phi) is 9.90. The number of aliphatic hydroxyl groups is 1. The minimum absolute atomic E-state index is 0.0248. The summed E-state index contributed by atoms with van der Waals surface area (Å²) >= 11 is 1.61. The number of rotatable bonds is 14. The molecule has 4 rings (SSSR count). The smallest absolute Gasteiger partial charge is 0.310 e. The van der Waals surface area contributed by atoms with E-state index in [0.717, 1.165) is 37.3 Å². The van der Waals surface area contributed by atoms with Crippen LogP contribution in [0.5, 0.6) is 0 Å². The lowest BCUT2D eigenvalue weighted by Gasteiger charge is -2.41. The lowest BCUT2D eigenvalue weighted by atomic mass is 9.66. The molecule has 224 valence electrons. The second kappa shape index (κ2) is 13.0. The van der Waals surface area contributed by atoms with Gasteiger partial charge < -0.3 is 24.5 Å². The fourth-order valence-electron chi connectivity index (χ4n) is 7.10. The van der Waals surface area contributed by atoms with Crippen LogP contribution in [-0.2, 0) is 19.1 Å². The van der Waals surface area contributed by atoms with Crippen molar-refractivity contribution in [2.45, 2.75) is 69.0 Å². The van der Waals surface area contributed by atoms with Gasteiger partial charge in [0.15, 0.2) is 0 Å². The van der Waals surface area contributed by atoms with E-state index in [1.165, 1.54) is 0 Å². The molecule has 2 amide bonds. The predicted molar refractivity (Wildman–Crippen MR) is 165 cm³/mol. The highest BCUT2D eigenvalue weighted by molar-refractivity contribution is 8.02. The molecule has 3 aliphatic heterocycles. The number of hydrogen-bond donors (Lipinski definition) is 1. The Hall–Kier alpha value is -2.78. The second-order valence-electron chi connectivity index (χ2n) is 11.4. The van der Waals surface area contributed by atoms with Crippen molar-refractivity contribution in [1.29, 1.82) is 0 Å². The number of anilines is 2. The number of unbranched alkanes of at least 4 members (excludes halogenated alkanes) is 1. The van der Waals surface area contributed by atoms with E-state index in [1.807, 2.05) is 24.3 Å². The SMILES string of the molecule is C=CCCCOC(=O)[C@@H]1[C@H]2C(=O)N([C@H](C)CO)C(C(=O)N(CC=C)c3ccc(N(CC)CC)cc3)C23S[C@@H]1CC3C. The molecule has 9 heteroatoms. The third-order valence-corrected chi connectivity index (χ3v) is 11.2. The molecule has 8 nitrogen and oxygen atoms in total. The molecule has 3 saturated heterocycles. The zero-order valence-electron chi connectivity index (χ0n) is 24.8. The Morgan fingerprint density at radius 1 is 1.20 bits per heavy atom. The molecule has 0 saturated carbocycles. The van der Waals surface area contributed by atoms with Gasteiger partial charge in [0.1, 0.15) is 6.04 Å². The Morgan fingerprint density at radius 3 is 2.44 bits per heavy atom. The van der Waals surface area contributed by atoms with E-state index in [4.69, 9.17) is 4.74 Å². The molecule has 3 unspecified atom stereocenters. The van der Waals surface area contributed by atoms with Crippen LogP contribution in [0.3, 0.4) is 0 Å². The van der Waals surface area contributed by atoms with Crippen molar-refractivity contribution in [3.63, 3.8) is 0 Å². The van der Waals surface area contributed by atoms with Gasteiger partial charge >= 0.3 is 5.97 Å². The summed E-state index contributed by atoms with van der Waals surface area (Å²) in [6.07, 6.45) is 5.63. The number of ether oxygens (including phenoxy) is 1. The van der Waals surface area contributed by atoms with E-state index in [-0.39, 0.29) is 48.7 Å². The molecule has 1 aromatic carbocycles. The van der Waals surface area contributed by atoms with Crippen molar-refractivity contribution in [1.82, 2.24) is 4.90 Å². The number of benzene rings is 1. The summed E-state index contributed by atoms with van der Waals surface area (Å²) in [7, 11) is 0. The number of hydrogen-bond acceptors (Lipinski definition) is 7. The highest BCUT2D eigenvalue weighted by Gasteiger charge is 2.77. The van der Waals surface area contributed by atoms with Gasteiger partial charge in [-0.15, -0.1) is 24.9 Å². The van der Waals surface area contributed by atoms with Gasteiger partial charge in [0.05, 0.1) is 35.8 Å². The van der Waals surface area contributed by atoms with Crippen LogP contribution < -0.4 is 9.80 Å². The lowest BCUT2D eigenvalue weighted by Crippen LogP contribution is -2.59. The first-order valence-electron chi connectivity index (χ1n) is 14.9. The molecule has 7 atom stereocenters. The zero-order chi connectivity index (χ0) is 29.9. The molecule has 3 aliphatic rings. The number of fused-ring (bicyclic) bond motifs is 1. The van der Waals surface area contributed by atoms with E-state index < -0.39 is 28.7 Å². The molecule has 0 aromatic heterocycles. The summed E-state index contributed by atoms with van der Waals surface area (Å²) in [5.74, 6) is -2.08. The maximum absolute atomic E-state index is 14.7. The molecule has 1 spiro atoms. The van der Waals surface area contributed by atoms with Crippen molar-refractivity contribution in [3.8, 4) is 0 Å². The average molecular weight is 584 g/mol. The Labute approximate surface area is 248 Å². The van der Waals surface area contributed by atoms with Gasteiger partial charge in [-0.3, -0.25) is 14.4 Å². The first kappa shape index (κ1) is 31.2. The fourth-order valence-corrected chi connectivity index (χ4v) is 9.49. The predicted octanol–water partition coefficient (Wildman–Crippen LogP) is 4.28. The fraction of sp³-hybridized carbons (Fsp3) is 0.594. The van der Waals surface area contributed by atoms with Gasteiger partial charge in [0.2, 0.25) is 5.91 Å². The van der Waals surface area contributed by atoms with E-state index in [9.17, 15) is 19.5 Å². The standard InChI is InChI=1S/C32H45N3O5S/c1-7-11-12-18-40-31(39)26-25-19-21(5)32(41-25)27(26)29(37)35(22(6)20-36)28(32)30(38)34(17-8-2)24-15-13-23(14-16-24)33(9-3)10-4/h7-8,13-16,21-22,25-28,36H,1-2,9-12,17-20H2,3-6H3/t21?,22-,25-,26+,27+,28?,32?/m1/s1. The molecule has 1 N–H and O–H groups in total. The topological polar surface area (TPSA) is 90.4 Å². The molecule has 0 radical (unpaired) electrons. The quantitative estimate of drug-likeness (QED) is 0.199. The van der Waals surface area contributed by atoms with Crippen LogP contribution in [0, 0.1) is 17.8 Å². The zero-order valence-corrected chi connectivity index (χ0v) is 25.6. The van der Waals surface area contributed by atoms with Crippen LogP contribution in [0.15, 0.2) is 49.6 Å². The number of nitrogens with zero attached hydrogens (tertiary/aromatic N) is 3. The van der Waals surface area contributed by atoms with Gasteiger partial charge in [-0.25, -0.2) is 0 Å². The van der Waals surface area contributed by atoms with Gasteiger partial charge in [-0.05, 0) is 70.2 Å². The minimum Gasteiger partial charge on any atom is -0.465 e. The minimum atomic E-state index is -0.826. The summed E-state index contributed by atoms with van der Waals surface area (Å²) in [5.41, 5.74) is 1.79. The van der Waals surface area contributed by atoms with Crippen LogP contribution in [-0.4, -0.2) is 82.7 Å². The summed E-state index contributed by atoms with van der Waals surface area (Å²) in [6, 6.07) is 6.49. The first-order chi connectivity index (χ1) is 19.7. The highest BCUT2D eigenvalue weighted by Crippen LogP contribution is 2.69. The third kappa shape index (κ3) is 5.31. The van der Waals surface area contributed by atoms with Gasteiger partial charge in [-0.1, -0.05) is 19.1 Å². The first-order valence-corrected chi connectivity index (χ1v) is 15.7. The molecule has 0 aliphatic carbocycles. The lowest BCUT2D eigenvalue weighted by molar-refractivity contribution is -0.155. The number of aliphatic hydroxyl groups excluding tert-OH is 1. The van der Waals surface area contributed by atoms with Crippen molar-refractivity contribution in [2.24, 2.45) is 17.8 Å². The third-order valence-electron chi connectivity index (χ3n) is 9.09.